The summed E-state index contributed by atoms with van der Waals surface area (Å²) in [6.07, 6.45) is -4.63. The van der Waals surface area contributed by atoms with Gasteiger partial charge in [0.1, 0.15) is 22.8 Å². The Balaban J connectivity index is 2.24. The Labute approximate surface area is 180 Å². The molecule has 1 heterocycles. The fourth-order valence-corrected chi connectivity index (χ4v) is 2.93. The summed E-state index contributed by atoms with van der Waals surface area (Å²) in [4.78, 5) is 12.5. The van der Waals surface area contributed by atoms with Gasteiger partial charge in [0.2, 0.25) is 0 Å². The Morgan fingerprint density at radius 2 is 1.88 bits per heavy atom. The zero-order chi connectivity index (χ0) is 23.5. The molecular formula is C22H17F4N3O3. The van der Waals surface area contributed by atoms with E-state index in [0.29, 0.717) is 11.8 Å². The third kappa shape index (κ3) is 4.69. The standard InChI is InChI=1S/C22H17F4N3O3/c1-12-6-8-13(9-7-12)18-17(21(30)31-2)19(32-29-18)16(11-27)20(22(24,25)26)28-15-5-3-4-14(23)10-15/h3-11,27-28H,1-2H3/b20-16+,27-11?. The van der Waals surface area contributed by atoms with Crippen LogP contribution >= 0.6 is 0 Å². The van der Waals surface area contributed by atoms with Crippen molar-refractivity contribution >= 4 is 23.4 Å². The number of anilines is 1. The van der Waals surface area contributed by atoms with Gasteiger partial charge in [-0.1, -0.05) is 41.1 Å². The van der Waals surface area contributed by atoms with E-state index >= 15 is 0 Å². The van der Waals surface area contributed by atoms with E-state index in [-0.39, 0.29) is 16.9 Å². The van der Waals surface area contributed by atoms with E-state index in [1.165, 1.54) is 12.1 Å². The first kappa shape index (κ1) is 22.7. The molecule has 6 nitrogen and oxygen atoms in total. The van der Waals surface area contributed by atoms with Gasteiger partial charge in [-0.15, -0.1) is 0 Å². The van der Waals surface area contributed by atoms with Gasteiger partial charge in [0.25, 0.3) is 0 Å². The Morgan fingerprint density at radius 3 is 2.44 bits per heavy atom. The fraction of sp³-hybridized carbons (Fsp3) is 0.136. The first-order valence-corrected chi connectivity index (χ1v) is 9.15. The number of carbonyl (C=O) groups excluding carboxylic acids is 1. The van der Waals surface area contributed by atoms with Crippen LogP contribution in [0.2, 0.25) is 0 Å². The minimum Gasteiger partial charge on any atom is -0.465 e. The number of allylic oxidation sites excluding steroid dienone is 2. The third-order valence-electron chi connectivity index (χ3n) is 4.44. The molecule has 2 aromatic carbocycles. The van der Waals surface area contributed by atoms with Crippen molar-refractivity contribution in [2.75, 3.05) is 12.4 Å². The SMILES string of the molecule is COC(=O)c1c(-c2ccc(C)cc2)noc1/C(C=N)=C(/Nc1cccc(F)c1)C(F)(F)F. The van der Waals surface area contributed by atoms with Gasteiger partial charge in [-0.25, -0.2) is 9.18 Å². The molecule has 0 aliphatic carbocycles. The van der Waals surface area contributed by atoms with Crippen LogP contribution in [0.3, 0.4) is 0 Å². The predicted molar refractivity (Wildman–Crippen MR) is 110 cm³/mol. The molecule has 166 valence electrons. The van der Waals surface area contributed by atoms with Crippen molar-refractivity contribution in [3.05, 3.63) is 76.9 Å². The summed E-state index contributed by atoms with van der Waals surface area (Å²) in [5, 5.41) is 13.5. The number of methoxy groups -OCH3 is 1. The van der Waals surface area contributed by atoms with Crippen LogP contribution < -0.4 is 5.32 Å². The summed E-state index contributed by atoms with van der Waals surface area (Å²) in [7, 11) is 1.06. The number of ether oxygens (including phenoxy) is 1. The molecule has 0 aliphatic rings. The zero-order valence-electron chi connectivity index (χ0n) is 16.9. The third-order valence-corrected chi connectivity index (χ3v) is 4.44. The molecule has 3 aromatic rings. The number of aryl methyl sites for hydroxylation is 1. The number of esters is 1. The maximum atomic E-state index is 13.9. The first-order chi connectivity index (χ1) is 15.2. The van der Waals surface area contributed by atoms with E-state index < -0.39 is 35.0 Å². The topological polar surface area (TPSA) is 88.2 Å². The predicted octanol–water partition coefficient (Wildman–Crippen LogP) is 5.61. The zero-order valence-corrected chi connectivity index (χ0v) is 16.9. The van der Waals surface area contributed by atoms with Crippen molar-refractivity contribution in [1.29, 1.82) is 5.41 Å². The maximum absolute atomic E-state index is 13.9. The number of rotatable bonds is 6. The second-order valence-electron chi connectivity index (χ2n) is 6.66. The molecule has 2 N–H and O–H groups in total. The fourth-order valence-electron chi connectivity index (χ4n) is 2.93. The molecule has 0 radical (unpaired) electrons. The van der Waals surface area contributed by atoms with E-state index in [2.05, 4.69) is 10.5 Å². The van der Waals surface area contributed by atoms with Gasteiger partial charge in [0, 0.05) is 17.5 Å². The smallest absolute Gasteiger partial charge is 0.432 e. The molecule has 0 aliphatic heterocycles. The number of halogens is 4. The van der Waals surface area contributed by atoms with E-state index in [1.54, 1.807) is 24.3 Å². The number of hydrogen-bond acceptors (Lipinski definition) is 6. The average Bonchev–Trinajstić information content (AvgIpc) is 3.18. The molecule has 32 heavy (non-hydrogen) atoms. The van der Waals surface area contributed by atoms with E-state index in [0.717, 1.165) is 24.8 Å². The lowest BCUT2D eigenvalue weighted by Crippen LogP contribution is -2.22. The molecule has 3 rings (SSSR count). The normalized spacial score (nSPS) is 12.2. The largest absolute Gasteiger partial charge is 0.465 e. The van der Waals surface area contributed by atoms with Crippen molar-refractivity contribution in [2.24, 2.45) is 0 Å². The molecule has 1 aromatic heterocycles. The highest BCUT2D eigenvalue weighted by molar-refractivity contribution is 6.14. The number of hydrogen-bond donors (Lipinski definition) is 2. The Hall–Kier alpha value is -3.95. The van der Waals surface area contributed by atoms with Gasteiger partial charge in [0.15, 0.2) is 5.76 Å². The lowest BCUT2D eigenvalue weighted by molar-refractivity contribution is -0.0896. The maximum Gasteiger partial charge on any atom is 0.432 e. The van der Waals surface area contributed by atoms with Crippen LogP contribution in [0, 0.1) is 18.2 Å². The van der Waals surface area contributed by atoms with Crippen molar-refractivity contribution in [2.45, 2.75) is 13.1 Å². The molecule has 10 heteroatoms. The Morgan fingerprint density at radius 1 is 1.19 bits per heavy atom. The Bertz CT molecular complexity index is 1180. The lowest BCUT2D eigenvalue weighted by Gasteiger charge is -2.17. The van der Waals surface area contributed by atoms with Crippen LogP contribution in [-0.4, -0.2) is 30.6 Å². The van der Waals surface area contributed by atoms with Gasteiger partial charge in [-0.3, -0.25) is 0 Å². The molecule has 0 unspecified atom stereocenters. The quantitative estimate of drug-likeness (QED) is 0.291. The summed E-state index contributed by atoms with van der Waals surface area (Å²) in [5.41, 5.74) is -1.56. The average molecular weight is 447 g/mol. The molecule has 0 amide bonds. The summed E-state index contributed by atoms with van der Waals surface area (Å²) in [5.74, 6) is -2.37. The summed E-state index contributed by atoms with van der Waals surface area (Å²) < 4.78 is 65.1. The first-order valence-electron chi connectivity index (χ1n) is 9.15. The Kier molecular flexibility index (Phi) is 6.42. The monoisotopic (exact) mass is 447 g/mol. The van der Waals surface area contributed by atoms with E-state index in [9.17, 15) is 22.4 Å². The van der Waals surface area contributed by atoms with E-state index in [4.69, 9.17) is 14.7 Å². The highest BCUT2D eigenvalue weighted by Gasteiger charge is 2.39. The number of benzene rings is 2. The molecule has 0 saturated carbocycles. The molecule has 0 bridgehead atoms. The number of aromatic nitrogens is 1. The van der Waals surface area contributed by atoms with Crippen LogP contribution in [0.4, 0.5) is 23.2 Å². The van der Waals surface area contributed by atoms with Crippen molar-refractivity contribution in [3.63, 3.8) is 0 Å². The van der Waals surface area contributed by atoms with E-state index in [1.807, 2.05) is 6.92 Å². The van der Waals surface area contributed by atoms with Gasteiger partial charge >= 0.3 is 12.1 Å². The molecule has 0 spiro atoms. The second-order valence-corrected chi connectivity index (χ2v) is 6.66. The second kappa shape index (κ2) is 9.04. The van der Waals surface area contributed by atoms with Crippen LogP contribution in [0.1, 0.15) is 21.7 Å². The molecular weight excluding hydrogens is 430 g/mol. The van der Waals surface area contributed by atoms with Crippen LogP contribution in [0.25, 0.3) is 16.8 Å². The van der Waals surface area contributed by atoms with Crippen molar-refractivity contribution in [3.8, 4) is 11.3 Å². The van der Waals surface area contributed by atoms with Crippen molar-refractivity contribution in [1.82, 2.24) is 5.16 Å². The number of nitrogens with zero attached hydrogens (tertiary/aromatic N) is 1. The number of nitrogens with one attached hydrogen (secondary N) is 2. The highest BCUT2D eigenvalue weighted by atomic mass is 19.4. The molecule has 0 saturated heterocycles. The minimum absolute atomic E-state index is 0.0431. The number of carbonyl (C=O) groups is 1. The number of alkyl halides is 3. The molecule has 0 atom stereocenters. The summed E-state index contributed by atoms with van der Waals surface area (Å²) >= 11 is 0. The van der Waals surface area contributed by atoms with Crippen LogP contribution in [-0.2, 0) is 4.74 Å². The lowest BCUT2D eigenvalue weighted by atomic mass is 10.0. The molecule has 0 fully saturated rings. The van der Waals surface area contributed by atoms with Crippen molar-refractivity contribution < 1.29 is 31.6 Å². The van der Waals surface area contributed by atoms with Crippen LogP contribution in [0.15, 0.2) is 58.8 Å². The van der Waals surface area contributed by atoms with Crippen LogP contribution in [0.5, 0.6) is 0 Å². The van der Waals surface area contributed by atoms with Gasteiger partial charge in [-0.2, -0.15) is 13.2 Å². The minimum atomic E-state index is -5.01. The van der Waals surface area contributed by atoms with Gasteiger partial charge in [0.05, 0.1) is 12.7 Å². The van der Waals surface area contributed by atoms with Gasteiger partial charge in [-0.05, 0) is 25.1 Å². The highest BCUT2D eigenvalue weighted by Crippen LogP contribution is 2.36. The summed E-state index contributed by atoms with van der Waals surface area (Å²) in [6, 6.07) is 11.1. The summed E-state index contributed by atoms with van der Waals surface area (Å²) in [6.45, 7) is 1.84. The van der Waals surface area contributed by atoms with Gasteiger partial charge < -0.3 is 20.0 Å².